The number of carbonyl (C=O) groups is 2. The molecule has 1 unspecified atom stereocenters. The topological polar surface area (TPSA) is 111 Å². The number of hydrogen-bond acceptors (Lipinski definition) is 5. The van der Waals surface area contributed by atoms with Gasteiger partial charge in [-0.25, -0.2) is 0 Å². The van der Waals surface area contributed by atoms with Crippen LogP contribution in [0.25, 0.3) is 0 Å². The average Bonchev–Trinajstić information content (AvgIpc) is 2.43. The fourth-order valence-electron chi connectivity index (χ4n) is 1.59. The number of ether oxygens (including phenoxy) is 2. The van der Waals surface area contributed by atoms with Crippen molar-refractivity contribution in [3.05, 3.63) is 23.8 Å². The maximum atomic E-state index is 11.6. The zero-order chi connectivity index (χ0) is 15.1. The molecule has 110 valence electrons. The molecular weight excluding hydrogens is 264 g/mol. The van der Waals surface area contributed by atoms with Gasteiger partial charge in [0.25, 0.3) is 0 Å². The first-order chi connectivity index (χ1) is 9.47. The Kier molecular flexibility index (Phi) is 5.79. The maximum Gasteiger partial charge on any atom is 0.305 e. The summed E-state index contributed by atoms with van der Waals surface area (Å²) in [4.78, 5) is 22.1. The van der Waals surface area contributed by atoms with Crippen molar-refractivity contribution < 1.29 is 24.2 Å². The van der Waals surface area contributed by atoms with Crippen LogP contribution in [0.3, 0.4) is 0 Å². The summed E-state index contributed by atoms with van der Waals surface area (Å²) in [6, 6.07) is 4.11. The Hall–Kier alpha value is -2.28. The number of benzene rings is 1. The normalized spacial score (nSPS) is 11.6. The van der Waals surface area contributed by atoms with Crippen LogP contribution in [-0.2, 0) is 16.1 Å². The predicted octanol–water partition coefficient (Wildman–Crippen LogP) is 0.122. The van der Waals surface area contributed by atoms with E-state index in [0.717, 1.165) is 5.56 Å². The van der Waals surface area contributed by atoms with Gasteiger partial charge in [-0.05, 0) is 12.1 Å². The van der Waals surface area contributed by atoms with E-state index in [1.54, 1.807) is 25.3 Å². The third-order valence-electron chi connectivity index (χ3n) is 2.68. The number of methoxy groups -OCH3 is 2. The molecule has 0 heterocycles. The number of nitrogens with one attached hydrogen (secondary N) is 1. The molecule has 0 saturated heterocycles. The summed E-state index contributed by atoms with van der Waals surface area (Å²) in [5, 5.41) is 11.1. The van der Waals surface area contributed by atoms with Crippen molar-refractivity contribution in [1.82, 2.24) is 5.32 Å². The summed E-state index contributed by atoms with van der Waals surface area (Å²) in [6.07, 6.45) is -0.411. The van der Waals surface area contributed by atoms with Gasteiger partial charge < -0.3 is 25.6 Å². The SMILES string of the molecule is COc1ccc(CNC(=O)C(N)CC(=O)O)c(OC)c1. The molecule has 7 nitrogen and oxygen atoms in total. The average molecular weight is 282 g/mol. The van der Waals surface area contributed by atoms with Gasteiger partial charge in [0.15, 0.2) is 0 Å². The van der Waals surface area contributed by atoms with E-state index in [2.05, 4.69) is 5.32 Å². The Morgan fingerprint density at radius 2 is 2.05 bits per heavy atom. The molecule has 1 rings (SSSR count). The van der Waals surface area contributed by atoms with E-state index in [1.165, 1.54) is 7.11 Å². The van der Waals surface area contributed by atoms with E-state index in [-0.39, 0.29) is 6.54 Å². The van der Waals surface area contributed by atoms with Crippen molar-refractivity contribution in [2.75, 3.05) is 14.2 Å². The minimum Gasteiger partial charge on any atom is -0.497 e. The third kappa shape index (κ3) is 4.43. The highest BCUT2D eigenvalue weighted by atomic mass is 16.5. The highest BCUT2D eigenvalue weighted by Crippen LogP contribution is 2.24. The number of carboxylic acid groups (broad SMARTS) is 1. The number of aliphatic carboxylic acids is 1. The van der Waals surface area contributed by atoms with Crippen LogP contribution in [0, 0.1) is 0 Å². The van der Waals surface area contributed by atoms with Gasteiger partial charge in [0.1, 0.15) is 11.5 Å². The van der Waals surface area contributed by atoms with E-state index in [4.69, 9.17) is 20.3 Å². The zero-order valence-corrected chi connectivity index (χ0v) is 11.4. The van der Waals surface area contributed by atoms with Crippen LogP contribution in [-0.4, -0.2) is 37.2 Å². The number of carbonyl (C=O) groups excluding carboxylic acids is 1. The minimum absolute atomic E-state index is 0.194. The second-order valence-electron chi connectivity index (χ2n) is 4.10. The summed E-state index contributed by atoms with van der Waals surface area (Å²) in [6.45, 7) is 0.194. The van der Waals surface area contributed by atoms with Gasteiger partial charge in [0, 0.05) is 18.2 Å². The molecule has 7 heteroatoms. The molecule has 1 aromatic carbocycles. The molecule has 1 amide bonds. The smallest absolute Gasteiger partial charge is 0.305 e. The van der Waals surface area contributed by atoms with Crippen molar-refractivity contribution in [1.29, 1.82) is 0 Å². The Bertz CT molecular complexity index is 490. The van der Waals surface area contributed by atoms with Gasteiger partial charge >= 0.3 is 5.97 Å². The number of nitrogens with two attached hydrogens (primary N) is 1. The van der Waals surface area contributed by atoms with Crippen LogP contribution in [0.4, 0.5) is 0 Å². The lowest BCUT2D eigenvalue weighted by molar-refractivity contribution is -0.139. The van der Waals surface area contributed by atoms with E-state index in [9.17, 15) is 9.59 Å². The zero-order valence-electron chi connectivity index (χ0n) is 11.4. The molecule has 0 aromatic heterocycles. The number of hydrogen-bond donors (Lipinski definition) is 3. The third-order valence-corrected chi connectivity index (χ3v) is 2.68. The number of rotatable bonds is 7. The summed E-state index contributed by atoms with van der Waals surface area (Å²) in [5.41, 5.74) is 6.19. The summed E-state index contributed by atoms with van der Waals surface area (Å²) in [5.74, 6) is -0.434. The molecule has 1 atom stereocenters. The van der Waals surface area contributed by atoms with Crippen molar-refractivity contribution in [3.63, 3.8) is 0 Å². The van der Waals surface area contributed by atoms with Crippen LogP contribution in [0.1, 0.15) is 12.0 Å². The summed E-state index contributed by atoms with van der Waals surface area (Å²) in [7, 11) is 3.05. The van der Waals surface area contributed by atoms with Crippen LogP contribution >= 0.6 is 0 Å². The van der Waals surface area contributed by atoms with Gasteiger partial charge in [-0.15, -0.1) is 0 Å². The van der Waals surface area contributed by atoms with Crippen molar-refractivity contribution >= 4 is 11.9 Å². The molecule has 0 bridgehead atoms. The van der Waals surface area contributed by atoms with E-state index >= 15 is 0 Å². The van der Waals surface area contributed by atoms with E-state index < -0.39 is 24.3 Å². The largest absolute Gasteiger partial charge is 0.497 e. The molecule has 1 aromatic rings. The molecule has 0 aliphatic rings. The predicted molar refractivity (Wildman–Crippen MR) is 71.6 cm³/mol. The Balaban J connectivity index is 2.65. The highest BCUT2D eigenvalue weighted by molar-refractivity contribution is 5.85. The quantitative estimate of drug-likeness (QED) is 0.655. The molecule has 20 heavy (non-hydrogen) atoms. The first-order valence-corrected chi connectivity index (χ1v) is 5.94. The monoisotopic (exact) mass is 282 g/mol. The summed E-state index contributed by atoms with van der Waals surface area (Å²) >= 11 is 0. The molecule has 4 N–H and O–H groups in total. The maximum absolute atomic E-state index is 11.6. The molecule has 0 saturated carbocycles. The Morgan fingerprint density at radius 1 is 1.35 bits per heavy atom. The first kappa shape index (κ1) is 15.8. The summed E-state index contributed by atoms with van der Waals surface area (Å²) < 4.78 is 10.3. The minimum atomic E-state index is -1.12. The van der Waals surface area contributed by atoms with Crippen LogP contribution < -0.4 is 20.5 Å². The second kappa shape index (κ2) is 7.34. The number of carboxylic acids is 1. The van der Waals surface area contributed by atoms with Crippen molar-refractivity contribution in [2.24, 2.45) is 5.73 Å². The van der Waals surface area contributed by atoms with Crippen molar-refractivity contribution in [2.45, 2.75) is 19.0 Å². The van der Waals surface area contributed by atoms with Gasteiger partial charge in [-0.1, -0.05) is 0 Å². The van der Waals surface area contributed by atoms with Gasteiger partial charge in [0.2, 0.25) is 5.91 Å². The van der Waals surface area contributed by atoms with Gasteiger partial charge in [0.05, 0.1) is 26.7 Å². The van der Waals surface area contributed by atoms with Crippen LogP contribution in [0.15, 0.2) is 18.2 Å². The molecule has 0 radical (unpaired) electrons. The Morgan fingerprint density at radius 3 is 2.60 bits per heavy atom. The lowest BCUT2D eigenvalue weighted by Crippen LogP contribution is -2.41. The fraction of sp³-hybridized carbons (Fsp3) is 0.385. The lowest BCUT2D eigenvalue weighted by atomic mass is 10.1. The first-order valence-electron chi connectivity index (χ1n) is 5.94. The molecule has 0 aliphatic heterocycles. The Labute approximate surface area is 116 Å². The molecule has 0 spiro atoms. The van der Waals surface area contributed by atoms with Gasteiger partial charge in [-0.2, -0.15) is 0 Å². The molecule has 0 fully saturated rings. The standard InChI is InChI=1S/C13H18N2O5/c1-19-9-4-3-8(11(5-9)20-2)7-15-13(18)10(14)6-12(16)17/h3-5,10H,6-7,14H2,1-2H3,(H,15,18)(H,16,17). The molecule has 0 aliphatic carbocycles. The highest BCUT2D eigenvalue weighted by Gasteiger charge is 2.17. The van der Waals surface area contributed by atoms with E-state index in [1.807, 2.05) is 0 Å². The second-order valence-corrected chi connectivity index (χ2v) is 4.10. The van der Waals surface area contributed by atoms with Crippen LogP contribution in [0.5, 0.6) is 11.5 Å². The fourth-order valence-corrected chi connectivity index (χ4v) is 1.59. The van der Waals surface area contributed by atoms with Crippen LogP contribution in [0.2, 0.25) is 0 Å². The van der Waals surface area contributed by atoms with E-state index in [0.29, 0.717) is 11.5 Å². The van der Waals surface area contributed by atoms with Gasteiger partial charge in [-0.3, -0.25) is 9.59 Å². The molecular formula is C13H18N2O5. The number of amides is 1. The lowest BCUT2D eigenvalue weighted by Gasteiger charge is -2.13. The van der Waals surface area contributed by atoms with Crippen molar-refractivity contribution in [3.8, 4) is 11.5 Å².